The van der Waals surface area contributed by atoms with Gasteiger partial charge in [-0.15, -0.1) is 0 Å². The highest BCUT2D eigenvalue weighted by Crippen LogP contribution is 2.19. The zero-order chi connectivity index (χ0) is 16.1. The Morgan fingerprint density at radius 2 is 1.96 bits per heavy atom. The van der Waals surface area contributed by atoms with Crippen molar-refractivity contribution in [1.82, 2.24) is 19.9 Å². The van der Waals surface area contributed by atoms with Crippen molar-refractivity contribution in [2.24, 2.45) is 0 Å². The highest BCUT2D eigenvalue weighted by atomic mass is 15.3. The number of pyridine rings is 1. The first kappa shape index (κ1) is 15.4. The molecule has 0 aromatic carbocycles. The highest BCUT2D eigenvalue weighted by Gasteiger charge is 2.25. The Labute approximate surface area is 136 Å². The Morgan fingerprint density at radius 1 is 1.17 bits per heavy atom. The average Bonchev–Trinajstić information content (AvgIpc) is 2.61. The second kappa shape index (κ2) is 7.16. The van der Waals surface area contributed by atoms with E-state index >= 15 is 0 Å². The van der Waals surface area contributed by atoms with E-state index in [9.17, 15) is 5.26 Å². The highest BCUT2D eigenvalue weighted by molar-refractivity contribution is 5.49. The third kappa shape index (κ3) is 3.63. The molecule has 1 aliphatic rings. The van der Waals surface area contributed by atoms with Crippen LogP contribution in [-0.4, -0.2) is 52.1 Å². The number of piperazine rings is 1. The molecular weight excluding hydrogens is 288 g/mol. The maximum absolute atomic E-state index is 9.18. The van der Waals surface area contributed by atoms with Gasteiger partial charge in [-0.05, 0) is 31.0 Å². The second-order valence-corrected chi connectivity index (χ2v) is 5.78. The van der Waals surface area contributed by atoms with Gasteiger partial charge in [0.2, 0.25) is 0 Å². The van der Waals surface area contributed by atoms with Gasteiger partial charge in [-0.25, -0.2) is 9.97 Å². The molecule has 0 saturated carbocycles. The molecule has 0 unspecified atom stereocenters. The lowest BCUT2D eigenvalue weighted by molar-refractivity contribution is 0.191. The van der Waals surface area contributed by atoms with Crippen LogP contribution in [0.3, 0.4) is 0 Å². The van der Waals surface area contributed by atoms with Crippen molar-refractivity contribution in [1.29, 1.82) is 5.26 Å². The summed E-state index contributed by atoms with van der Waals surface area (Å²) in [5.74, 6) is 0.704. The van der Waals surface area contributed by atoms with E-state index in [-0.39, 0.29) is 0 Å². The molecule has 3 rings (SSSR count). The second-order valence-electron chi connectivity index (χ2n) is 5.78. The maximum atomic E-state index is 9.18. The summed E-state index contributed by atoms with van der Waals surface area (Å²) in [5, 5.41) is 9.18. The lowest BCUT2D eigenvalue weighted by atomic mass is 10.1. The third-order valence-electron chi connectivity index (χ3n) is 4.29. The molecule has 3 heterocycles. The minimum atomic E-state index is 0.407. The molecule has 0 radical (unpaired) electrons. The van der Waals surface area contributed by atoms with E-state index in [1.165, 1.54) is 5.56 Å². The molecule has 0 aliphatic carbocycles. The Balaban J connectivity index is 1.60. The lowest BCUT2D eigenvalue weighted by Crippen LogP contribution is -2.52. The van der Waals surface area contributed by atoms with Crippen molar-refractivity contribution in [2.75, 3.05) is 31.1 Å². The number of aromatic nitrogens is 3. The van der Waals surface area contributed by atoms with Gasteiger partial charge in [0, 0.05) is 57.0 Å². The first-order valence-electron chi connectivity index (χ1n) is 7.87. The Hall–Kier alpha value is -2.52. The third-order valence-corrected chi connectivity index (χ3v) is 4.29. The SMILES string of the molecule is C[C@H]1CN(c2nccnc2C#N)CCN1CCc1ccncc1. The first-order valence-corrected chi connectivity index (χ1v) is 7.87. The fourth-order valence-corrected chi connectivity index (χ4v) is 2.98. The van der Waals surface area contributed by atoms with E-state index in [1.807, 2.05) is 12.4 Å². The van der Waals surface area contributed by atoms with Gasteiger partial charge in [0.25, 0.3) is 0 Å². The lowest BCUT2D eigenvalue weighted by Gasteiger charge is -2.40. The molecule has 1 saturated heterocycles. The molecule has 118 valence electrons. The summed E-state index contributed by atoms with van der Waals surface area (Å²) in [5.41, 5.74) is 1.72. The molecule has 0 bridgehead atoms. The van der Waals surface area contributed by atoms with Crippen LogP contribution in [0.2, 0.25) is 0 Å². The number of hydrogen-bond donors (Lipinski definition) is 0. The van der Waals surface area contributed by atoms with E-state index in [2.05, 4.69) is 49.9 Å². The number of hydrogen-bond acceptors (Lipinski definition) is 6. The molecule has 0 N–H and O–H groups in total. The smallest absolute Gasteiger partial charge is 0.183 e. The molecular formula is C17H20N6. The van der Waals surface area contributed by atoms with Gasteiger partial charge in [0.15, 0.2) is 11.5 Å². The van der Waals surface area contributed by atoms with Crippen LogP contribution in [0.1, 0.15) is 18.2 Å². The van der Waals surface area contributed by atoms with Crippen LogP contribution >= 0.6 is 0 Å². The van der Waals surface area contributed by atoms with Crippen LogP contribution in [0.25, 0.3) is 0 Å². The van der Waals surface area contributed by atoms with Gasteiger partial charge >= 0.3 is 0 Å². The summed E-state index contributed by atoms with van der Waals surface area (Å²) in [7, 11) is 0. The zero-order valence-electron chi connectivity index (χ0n) is 13.3. The Kier molecular flexibility index (Phi) is 4.79. The molecule has 2 aromatic heterocycles. The zero-order valence-corrected chi connectivity index (χ0v) is 13.3. The summed E-state index contributed by atoms with van der Waals surface area (Å²) in [4.78, 5) is 17.2. The minimum absolute atomic E-state index is 0.407. The van der Waals surface area contributed by atoms with Crippen molar-refractivity contribution < 1.29 is 0 Å². The molecule has 0 spiro atoms. The van der Waals surface area contributed by atoms with Gasteiger partial charge in [-0.3, -0.25) is 9.88 Å². The molecule has 1 fully saturated rings. The van der Waals surface area contributed by atoms with Gasteiger partial charge in [-0.2, -0.15) is 5.26 Å². The predicted molar refractivity (Wildman–Crippen MR) is 87.9 cm³/mol. The molecule has 23 heavy (non-hydrogen) atoms. The van der Waals surface area contributed by atoms with E-state index in [4.69, 9.17) is 0 Å². The van der Waals surface area contributed by atoms with Crippen LogP contribution in [0.4, 0.5) is 5.82 Å². The van der Waals surface area contributed by atoms with Crippen molar-refractivity contribution in [2.45, 2.75) is 19.4 Å². The Morgan fingerprint density at radius 3 is 2.70 bits per heavy atom. The summed E-state index contributed by atoms with van der Waals surface area (Å²) < 4.78 is 0. The van der Waals surface area contributed by atoms with Crippen LogP contribution < -0.4 is 4.90 Å². The first-order chi connectivity index (χ1) is 11.3. The van der Waals surface area contributed by atoms with E-state index in [0.29, 0.717) is 17.6 Å². The summed E-state index contributed by atoms with van der Waals surface area (Å²) in [6.45, 7) is 5.96. The molecule has 6 nitrogen and oxygen atoms in total. The standard InChI is InChI=1S/C17H20N6/c1-14-13-23(17-16(12-18)20-7-8-21-17)11-10-22(14)9-4-15-2-5-19-6-3-15/h2-3,5-8,14H,4,9-11,13H2,1H3/t14-/m0/s1. The van der Waals surface area contributed by atoms with Gasteiger partial charge in [0.1, 0.15) is 6.07 Å². The maximum Gasteiger partial charge on any atom is 0.183 e. The molecule has 6 heteroatoms. The van der Waals surface area contributed by atoms with Crippen LogP contribution in [0, 0.1) is 11.3 Å². The molecule has 0 amide bonds. The van der Waals surface area contributed by atoms with E-state index in [1.54, 1.807) is 12.4 Å². The molecule has 1 atom stereocenters. The van der Waals surface area contributed by atoms with Gasteiger partial charge in [-0.1, -0.05) is 0 Å². The summed E-state index contributed by atoms with van der Waals surface area (Å²) in [6.07, 6.45) is 7.93. The normalized spacial score (nSPS) is 18.6. The topological polar surface area (TPSA) is 68.9 Å². The Bertz CT molecular complexity index is 681. The number of nitrogens with zero attached hydrogens (tertiary/aromatic N) is 6. The van der Waals surface area contributed by atoms with Gasteiger partial charge < -0.3 is 4.90 Å². The van der Waals surface area contributed by atoms with Crippen molar-refractivity contribution in [3.8, 4) is 6.07 Å². The van der Waals surface area contributed by atoms with Crippen LogP contribution in [0.5, 0.6) is 0 Å². The monoisotopic (exact) mass is 308 g/mol. The average molecular weight is 308 g/mol. The number of anilines is 1. The van der Waals surface area contributed by atoms with E-state index < -0.39 is 0 Å². The summed E-state index contributed by atoms with van der Waals surface area (Å²) in [6, 6.07) is 6.68. The molecule has 1 aliphatic heterocycles. The fraction of sp³-hybridized carbons (Fsp3) is 0.412. The van der Waals surface area contributed by atoms with Crippen molar-refractivity contribution in [3.63, 3.8) is 0 Å². The van der Waals surface area contributed by atoms with E-state index in [0.717, 1.165) is 32.6 Å². The summed E-state index contributed by atoms with van der Waals surface area (Å²) >= 11 is 0. The predicted octanol–water partition coefficient (Wildman–Crippen LogP) is 1.50. The largest absolute Gasteiger partial charge is 0.351 e. The fourth-order valence-electron chi connectivity index (χ4n) is 2.98. The number of rotatable bonds is 4. The molecule has 2 aromatic rings. The quantitative estimate of drug-likeness (QED) is 0.852. The van der Waals surface area contributed by atoms with Crippen molar-refractivity contribution >= 4 is 5.82 Å². The number of nitriles is 1. The van der Waals surface area contributed by atoms with Crippen LogP contribution in [-0.2, 0) is 6.42 Å². The van der Waals surface area contributed by atoms with Crippen LogP contribution in [0.15, 0.2) is 36.9 Å². The van der Waals surface area contributed by atoms with Gasteiger partial charge in [0.05, 0.1) is 0 Å². The van der Waals surface area contributed by atoms with Crippen molar-refractivity contribution in [3.05, 3.63) is 48.2 Å². The minimum Gasteiger partial charge on any atom is -0.351 e.